The molecule has 0 aliphatic heterocycles. The van der Waals surface area contributed by atoms with Crippen molar-refractivity contribution in [3.63, 3.8) is 0 Å². The van der Waals surface area contributed by atoms with E-state index in [0.717, 1.165) is 0 Å². The lowest BCUT2D eigenvalue weighted by molar-refractivity contribution is -0.128. The maximum absolute atomic E-state index is 11.6. The van der Waals surface area contributed by atoms with Crippen molar-refractivity contribution >= 4 is 11.9 Å². The minimum Gasteiger partial charge on any atom is -0.491 e. The van der Waals surface area contributed by atoms with Gasteiger partial charge in [-0.05, 0) is 26.0 Å². The fourth-order valence-corrected chi connectivity index (χ4v) is 1.82. The number of amides is 1. The Morgan fingerprint density at radius 2 is 1.95 bits per heavy atom. The fourth-order valence-electron chi connectivity index (χ4n) is 1.82. The van der Waals surface area contributed by atoms with Crippen molar-refractivity contribution in [2.24, 2.45) is 5.41 Å². The van der Waals surface area contributed by atoms with Crippen molar-refractivity contribution in [3.05, 3.63) is 29.8 Å². The van der Waals surface area contributed by atoms with Crippen LogP contribution in [0.25, 0.3) is 0 Å². The first-order valence-electron chi connectivity index (χ1n) is 6.76. The summed E-state index contributed by atoms with van der Waals surface area (Å²) < 4.78 is 5.46. The van der Waals surface area contributed by atoms with Gasteiger partial charge in [0.2, 0.25) is 5.91 Å². The highest BCUT2D eigenvalue weighted by molar-refractivity contribution is 5.90. The summed E-state index contributed by atoms with van der Waals surface area (Å²) in [5.41, 5.74) is -0.364. The minimum absolute atomic E-state index is 0.0351. The third kappa shape index (κ3) is 5.07. The van der Waals surface area contributed by atoms with Crippen molar-refractivity contribution in [1.29, 1.82) is 0 Å². The zero-order valence-corrected chi connectivity index (χ0v) is 12.6. The van der Waals surface area contributed by atoms with Gasteiger partial charge in [0.1, 0.15) is 17.9 Å². The van der Waals surface area contributed by atoms with Crippen LogP contribution in [0.3, 0.4) is 0 Å². The minimum atomic E-state index is -1.01. The van der Waals surface area contributed by atoms with Gasteiger partial charge in [-0.3, -0.25) is 4.79 Å². The lowest BCUT2D eigenvalue weighted by Gasteiger charge is -2.22. The van der Waals surface area contributed by atoms with Crippen LogP contribution >= 0.6 is 0 Å². The molecular formula is C15H22N2O4. The number of hydrogen-bond donors (Lipinski definition) is 3. The van der Waals surface area contributed by atoms with Gasteiger partial charge in [-0.25, -0.2) is 4.79 Å². The summed E-state index contributed by atoms with van der Waals surface area (Å²) in [5.74, 6) is -0.705. The van der Waals surface area contributed by atoms with E-state index in [2.05, 4.69) is 10.6 Å². The molecular weight excluding hydrogens is 272 g/mol. The van der Waals surface area contributed by atoms with Crippen LogP contribution < -0.4 is 15.4 Å². The maximum atomic E-state index is 11.6. The molecule has 0 aliphatic rings. The third-order valence-corrected chi connectivity index (χ3v) is 3.06. The second kappa shape index (κ2) is 7.64. The SMILES string of the molecule is CNC(=O)C(C)(C)CNCCOc1ccccc1C(=O)O. The monoisotopic (exact) mass is 294 g/mol. The Morgan fingerprint density at radius 3 is 2.57 bits per heavy atom. The van der Waals surface area contributed by atoms with E-state index in [1.807, 2.05) is 13.8 Å². The molecule has 1 aromatic rings. The van der Waals surface area contributed by atoms with Crippen molar-refractivity contribution in [2.75, 3.05) is 26.7 Å². The van der Waals surface area contributed by atoms with Crippen LogP contribution in [0, 0.1) is 5.41 Å². The van der Waals surface area contributed by atoms with E-state index in [4.69, 9.17) is 9.84 Å². The molecule has 1 amide bonds. The predicted molar refractivity (Wildman–Crippen MR) is 79.6 cm³/mol. The molecule has 0 fully saturated rings. The van der Waals surface area contributed by atoms with E-state index < -0.39 is 11.4 Å². The third-order valence-electron chi connectivity index (χ3n) is 3.06. The molecule has 21 heavy (non-hydrogen) atoms. The number of carboxylic acid groups (broad SMARTS) is 1. The highest BCUT2D eigenvalue weighted by Gasteiger charge is 2.25. The first-order valence-corrected chi connectivity index (χ1v) is 6.76. The summed E-state index contributed by atoms with van der Waals surface area (Å²) in [6.07, 6.45) is 0. The van der Waals surface area contributed by atoms with Crippen LogP contribution in [-0.2, 0) is 4.79 Å². The number of nitrogens with one attached hydrogen (secondary N) is 2. The molecule has 116 valence electrons. The quantitative estimate of drug-likeness (QED) is 0.626. The molecule has 6 heteroatoms. The standard InChI is InChI=1S/C15H22N2O4/c1-15(2,14(20)16-3)10-17-8-9-21-12-7-5-4-6-11(12)13(18)19/h4-7,17H,8-10H2,1-3H3,(H,16,20)(H,18,19). The number of carbonyl (C=O) groups excluding carboxylic acids is 1. The number of rotatable bonds is 8. The summed E-state index contributed by atoms with van der Waals surface area (Å²) in [6.45, 7) is 5.05. The molecule has 0 radical (unpaired) electrons. The Bertz CT molecular complexity index is 500. The van der Waals surface area contributed by atoms with Gasteiger partial charge in [0.25, 0.3) is 0 Å². The van der Waals surface area contributed by atoms with Gasteiger partial charge in [-0.15, -0.1) is 0 Å². The first-order chi connectivity index (χ1) is 9.88. The van der Waals surface area contributed by atoms with Crippen LogP contribution in [0.15, 0.2) is 24.3 Å². The van der Waals surface area contributed by atoms with E-state index in [9.17, 15) is 9.59 Å². The maximum Gasteiger partial charge on any atom is 0.339 e. The molecule has 0 spiro atoms. The molecule has 0 heterocycles. The molecule has 6 nitrogen and oxygen atoms in total. The van der Waals surface area contributed by atoms with Gasteiger partial charge in [0, 0.05) is 20.1 Å². The van der Waals surface area contributed by atoms with Crippen molar-refractivity contribution in [2.45, 2.75) is 13.8 Å². The smallest absolute Gasteiger partial charge is 0.339 e. The van der Waals surface area contributed by atoms with Crippen molar-refractivity contribution in [3.8, 4) is 5.75 Å². The average Bonchev–Trinajstić information content (AvgIpc) is 2.46. The van der Waals surface area contributed by atoms with Gasteiger partial charge >= 0.3 is 5.97 Å². The Kier molecular flexibility index (Phi) is 6.17. The first kappa shape index (κ1) is 17.0. The lowest BCUT2D eigenvalue weighted by Crippen LogP contribution is -2.42. The lowest BCUT2D eigenvalue weighted by atomic mass is 9.92. The van der Waals surface area contributed by atoms with Crippen LogP contribution in [-0.4, -0.2) is 43.7 Å². The van der Waals surface area contributed by atoms with E-state index in [1.54, 1.807) is 25.2 Å². The van der Waals surface area contributed by atoms with E-state index in [0.29, 0.717) is 25.4 Å². The van der Waals surface area contributed by atoms with Crippen molar-refractivity contribution in [1.82, 2.24) is 10.6 Å². The van der Waals surface area contributed by atoms with Gasteiger partial charge in [0.05, 0.1) is 5.41 Å². The van der Waals surface area contributed by atoms with E-state index >= 15 is 0 Å². The number of carbonyl (C=O) groups is 2. The summed E-state index contributed by atoms with van der Waals surface area (Å²) in [5, 5.41) is 14.8. The summed E-state index contributed by atoms with van der Waals surface area (Å²) in [7, 11) is 1.61. The second-order valence-electron chi connectivity index (χ2n) is 5.29. The van der Waals surface area contributed by atoms with Crippen LogP contribution in [0.5, 0.6) is 5.75 Å². The van der Waals surface area contributed by atoms with Crippen LogP contribution in [0.2, 0.25) is 0 Å². The second-order valence-corrected chi connectivity index (χ2v) is 5.29. The molecule has 0 aromatic heterocycles. The molecule has 3 N–H and O–H groups in total. The molecule has 0 aliphatic carbocycles. The average molecular weight is 294 g/mol. The molecule has 0 unspecified atom stereocenters. The molecule has 1 aromatic carbocycles. The number of aromatic carboxylic acids is 1. The number of para-hydroxylation sites is 1. The highest BCUT2D eigenvalue weighted by Crippen LogP contribution is 2.17. The molecule has 0 saturated heterocycles. The zero-order chi connectivity index (χ0) is 15.9. The number of ether oxygens (including phenoxy) is 1. The zero-order valence-electron chi connectivity index (χ0n) is 12.6. The van der Waals surface area contributed by atoms with E-state index in [-0.39, 0.29) is 11.5 Å². The number of benzene rings is 1. The number of carboxylic acids is 1. The highest BCUT2D eigenvalue weighted by atomic mass is 16.5. The summed E-state index contributed by atoms with van der Waals surface area (Å²) >= 11 is 0. The van der Waals surface area contributed by atoms with Gasteiger partial charge in [-0.2, -0.15) is 0 Å². The van der Waals surface area contributed by atoms with Crippen LogP contribution in [0.4, 0.5) is 0 Å². The Morgan fingerprint density at radius 1 is 1.29 bits per heavy atom. The largest absolute Gasteiger partial charge is 0.491 e. The molecule has 0 saturated carbocycles. The molecule has 1 rings (SSSR count). The Balaban J connectivity index is 2.39. The topological polar surface area (TPSA) is 87.7 Å². The predicted octanol–water partition coefficient (Wildman–Crippen LogP) is 1.13. The van der Waals surface area contributed by atoms with Gasteiger partial charge < -0.3 is 20.5 Å². The number of hydrogen-bond acceptors (Lipinski definition) is 4. The Labute approximate surface area is 124 Å². The fraction of sp³-hybridized carbons (Fsp3) is 0.467. The van der Waals surface area contributed by atoms with Crippen LogP contribution in [0.1, 0.15) is 24.2 Å². The van der Waals surface area contributed by atoms with E-state index in [1.165, 1.54) is 6.07 Å². The van der Waals surface area contributed by atoms with Crippen molar-refractivity contribution < 1.29 is 19.4 Å². The molecule has 0 atom stereocenters. The Hall–Kier alpha value is -2.08. The normalized spacial score (nSPS) is 11.0. The van der Waals surface area contributed by atoms with Gasteiger partial charge in [-0.1, -0.05) is 12.1 Å². The van der Waals surface area contributed by atoms with Gasteiger partial charge in [0.15, 0.2) is 0 Å². The summed E-state index contributed by atoms with van der Waals surface area (Å²) in [6, 6.07) is 6.50. The molecule has 0 bridgehead atoms. The summed E-state index contributed by atoms with van der Waals surface area (Å²) in [4.78, 5) is 22.6.